The van der Waals surface area contributed by atoms with E-state index in [4.69, 9.17) is 10.5 Å². The van der Waals surface area contributed by atoms with Gasteiger partial charge in [0.1, 0.15) is 5.75 Å². The molecule has 4 N–H and O–H groups in total. The van der Waals surface area contributed by atoms with Crippen molar-refractivity contribution >= 4 is 11.8 Å². The number of carbonyl (C=O) groups excluding carboxylic acids is 2. The van der Waals surface area contributed by atoms with Crippen molar-refractivity contribution < 1.29 is 14.3 Å². The van der Waals surface area contributed by atoms with Gasteiger partial charge >= 0.3 is 0 Å². The molecule has 1 aliphatic rings. The molecule has 1 aromatic rings. The molecule has 1 unspecified atom stereocenters. The molecule has 114 valence electrons. The molecule has 0 saturated heterocycles. The molecule has 21 heavy (non-hydrogen) atoms. The summed E-state index contributed by atoms with van der Waals surface area (Å²) in [6, 6.07) is 7.50. The summed E-state index contributed by atoms with van der Waals surface area (Å²) in [5.74, 6) is 0.340. The van der Waals surface area contributed by atoms with Crippen LogP contribution in [0.4, 0.5) is 0 Å². The lowest BCUT2D eigenvalue weighted by Gasteiger charge is -2.14. The molecule has 2 amide bonds. The van der Waals surface area contributed by atoms with Gasteiger partial charge in [-0.25, -0.2) is 0 Å². The molecule has 1 atom stereocenters. The van der Waals surface area contributed by atoms with Gasteiger partial charge in [0.25, 0.3) is 5.91 Å². The molecular weight excluding hydrogens is 270 g/mol. The van der Waals surface area contributed by atoms with Crippen LogP contribution in [0.1, 0.15) is 31.4 Å². The zero-order valence-corrected chi connectivity index (χ0v) is 12.1. The summed E-state index contributed by atoms with van der Waals surface area (Å²) >= 11 is 0. The SMILES string of the molecule is CC(NC(=O)CN)c1ccc(OCC(=O)NC2CC2)cc1. The van der Waals surface area contributed by atoms with Crippen molar-refractivity contribution in [2.45, 2.75) is 31.8 Å². The number of nitrogens with one attached hydrogen (secondary N) is 2. The van der Waals surface area contributed by atoms with E-state index in [0.717, 1.165) is 18.4 Å². The highest BCUT2D eigenvalue weighted by atomic mass is 16.5. The van der Waals surface area contributed by atoms with Crippen molar-refractivity contribution in [2.75, 3.05) is 13.2 Å². The Morgan fingerprint density at radius 1 is 1.29 bits per heavy atom. The number of nitrogens with two attached hydrogens (primary N) is 1. The molecule has 1 aromatic carbocycles. The molecule has 0 aliphatic heterocycles. The lowest BCUT2D eigenvalue weighted by Crippen LogP contribution is -2.32. The Morgan fingerprint density at radius 3 is 2.52 bits per heavy atom. The van der Waals surface area contributed by atoms with Crippen molar-refractivity contribution in [1.82, 2.24) is 10.6 Å². The molecule has 1 fully saturated rings. The highest BCUT2D eigenvalue weighted by molar-refractivity contribution is 5.78. The summed E-state index contributed by atoms with van der Waals surface area (Å²) in [7, 11) is 0. The lowest BCUT2D eigenvalue weighted by atomic mass is 10.1. The number of hydrogen-bond acceptors (Lipinski definition) is 4. The van der Waals surface area contributed by atoms with Crippen LogP contribution in [0.25, 0.3) is 0 Å². The summed E-state index contributed by atoms with van der Waals surface area (Å²) in [4.78, 5) is 22.7. The van der Waals surface area contributed by atoms with Crippen LogP contribution in [-0.4, -0.2) is 31.0 Å². The van der Waals surface area contributed by atoms with Gasteiger partial charge in [0.15, 0.2) is 6.61 Å². The molecule has 1 saturated carbocycles. The van der Waals surface area contributed by atoms with Crippen molar-refractivity contribution in [3.8, 4) is 5.75 Å². The average Bonchev–Trinajstić information content (AvgIpc) is 3.29. The number of ether oxygens (including phenoxy) is 1. The van der Waals surface area contributed by atoms with Gasteiger partial charge in [0.2, 0.25) is 5.91 Å². The second kappa shape index (κ2) is 7.08. The van der Waals surface area contributed by atoms with Crippen molar-refractivity contribution in [3.63, 3.8) is 0 Å². The largest absolute Gasteiger partial charge is 0.484 e. The Morgan fingerprint density at radius 2 is 1.95 bits per heavy atom. The fraction of sp³-hybridized carbons (Fsp3) is 0.467. The van der Waals surface area contributed by atoms with Crippen LogP contribution >= 0.6 is 0 Å². The van der Waals surface area contributed by atoms with E-state index in [2.05, 4.69) is 10.6 Å². The Balaban J connectivity index is 1.80. The molecular formula is C15H21N3O3. The zero-order chi connectivity index (χ0) is 15.2. The van der Waals surface area contributed by atoms with E-state index in [-0.39, 0.29) is 31.0 Å². The van der Waals surface area contributed by atoms with E-state index in [1.165, 1.54) is 0 Å². The summed E-state index contributed by atoms with van der Waals surface area (Å²) in [6.07, 6.45) is 2.12. The normalized spacial score (nSPS) is 15.1. The second-order valence-electron chi connectivity index (χ2n) is 5.19. The van der Waals surface area contributed by atoms with Crippen LogP contribution < -0.4 is 21.1 Å². The van der Waals surface area contributed by atoms with Crippen LogP contribution in [0, 0.1) is 0 Å². The van der Waals surface area contributed by atoms with Gasteiger partial charge in [-0.15, -0.1) is 0 Å². The van der Waals surface area contributed by atoms with Crippen molar-refractivity contribution in [3.05, 3.63) is 29.8 Å². The van der Waals surface area contributed by atoms with E-state index >= 15 is 0 Å². The molecule has 0 radical (unpaired) electrons. The fourth-order valence-corrected chi connectivity index (χ4v) is 1.88. The number of amides is 2. The molecule has 6 nitrogen and oxygen atoms in total. The van der Waals surface area contributed by atoms with Crippen LogP contribution in [0.2, 0.25) is 0 Å². The highest BCUT2D eigenvalue weighted by Gasteiger charge is 2.23. The van der Waals surface area contributed by atoms with E-state index in [1.807, 2.05) is 19.1 Å². The Labute approximate surface area is 124 Å². The van der Waals surface area contributed by atoms with Gasteiger partial charge in [-0.2, -0.15) is 0 Å². The maximum absolute atomic E-state index is 11.5. The summed E-state index contributed by atoms with van der Waals surface area (Å²) in [6.45, 7) is 1.88. The van der Waals surface area contributed by atoms with Crippen molar-refractivity contribution in [2.24, 2.45) is 5.73 Å². The summed E-state index contributed by atoms with van der Waals surface area (Å²) in [5.41, 5.74) is 6.21. The number of hydrogen-bond donors (Lipinski definition) is 3. The van der Waals surface area contributed by atoms with Gasteiger partial charge in [-0.3, -0.25) is 9.59 Å². The predicted octanol–water partition coefficient (Wildman–Crippen LogP) is 0.480. The van der Waals surface area contributed by atoms with Gasteiger partial charge in [-0.05, 0) is 37.5 Å². The highest BCUT2D eigenvalue weighted by Crippen LogP contribution is 2.19. The first-order valence-electron chi connectivity index (χ1n) is 7.10. The van der Waals surface area contributed by atoms with Crippen LogP contribution in [0.3, 0.4) is 0 Å². The standard InChI is InChI=1S/C15H21N3O3/c1-10(17-14(19)8-16)11-2-6-13(7-3-11)21-9-15(20)18-12-4-5-12/h2-3,6-7,10,12H,4-5,8-9,16H2,1H3,(H,17,19)(H,18,20). The molecule has 0 spiro atoms. The van der Waals surface area contributed by atoms with Gasteiger partial charge in [-0.1, -0.05) is 12.1 Å². The molecule has 0 aromatic heterocycles. The first-order chi connectivity index (χ1) is 10.1. The monoisotopic (exact) mass is 291 g/mol. The smallest absolute Gasteiger partial charge is 0.258 e. The van der Waals surface area contributed by atoms with Crippen LogP contribution in [0.5, 0.6) is 5.75 Å². The van der Waals surface area contributed by atoms with Gasteiger partial charge in [0, 0.05) is 6.04 Å². The first kappa shape index (κ1) is 15.3. The number of carbonyl (C=O) groups is 2. The lowest BCUT2D eigenvalue weighted by molar-refractivity contribution is -0.123. The summed E-state index contributed by atoms with van der Waals surface area (Å²) in [5, 5.41) is 5.63. The zero-order valence-electron chi connectivity index (χ0n) is 12.1. The molecule has 6 heteroatoms. The van der Waals surface area contributed by atoms with Gasteiger partial charge in [0.05, 0.1) is 12.6 Å². The summed E-state index contributed by atoms with van der Waals surface area (Å²) < 4.78 is 5.41. The third kappa shape index (κ3) is 5.07. The maximum atomic E-state index is 11.5. The van der Waals surface area contributed by atoms with E-state index in [1.54, 1.807) is 12.1 Å². The third-order valence-electron chi connectivity index (χ3n) is 3.26. The maximum Gasteiger partial charge on any atom is 0.258 e. The predicted molar refractivity (Wildman–Crippen MR) is 78.7 cm³/mol. The van der Waals surface area contributed by atoms with Crippen LogP contribution in [0.15, 0.2) is 24.3 Å². The average molecular weight is 291 g/mol. The van der Waals surface area contributed by atoms with Crippen LogP contribution in [-0.2, 0) is 9.59 Å². The minimum absolute atomic E-state index is 0.0231. The molecule has 0 heterocycles. The third-order valence-corrected chi connectivity index (χ3v) is 3.26. The number of rotatable bonds is 7. The first-order valence-corrected chi connectivity index (χ1v) is 7.10. The topological polar surface area (TPSA) is 93.5 Å². The fourth-order valence-electron chi connectivity index (χ4n) is 1.88. The van der Waals surface area contributed by atoms with E-state index < -0.39 is 0 Å². The Hall–Kier alpha value is -2.08. The Kier molecular flexibility index (Phi) is 5.16. The minimum Gasteiger partial charge on any atom is -0.484 e. The second-order valence-corrected chi connectivity index (χ2v) is 5.19. The van der Waals surface area contributed by atoms with Crippen molar-refractivity contribution in [1.29, 1.82) is 0 Å². The minimum atomic E-state index is -0.195. The van der Waals surface area contributed by atoms with Gasteiger partial charge < -0.3 is 21.1 Å². The number of benzene rings is 1. The van der Waals surface area contributed by atoms with E-state index in [0.29, 0.717) is 11.8 Å². The molecule has 2 rings (SSSR count). The quantitative estimate of drug-likeness (QED) is 0.681. The molecule has 1 aliphatic carbocycles. The molecule has 0 bridgehead atoms. The van der Waals surface area contributed by atoms with E-state index in [9.17, 15) is 9.59 Å². The Bertz CT molecular complexity index is 497.